The molecule has 2 aromatic heterocycles. The molecule has 0 bridgehead atoms. The summed E-state index contributed by atoms with van der Waals surface area (Å²) in [5, 5.41) is 22.9. The standard InChI is InChI=1S/C16H16F3N5O5/c17-16(18,19)10-5-20-6-11(24-10)22-3-8-7-29-9(13(26)12(8)25)4-23-14(27)15-21-1-2-28-15/h1-3,5-6,8-9,12-13,25-26H,4,7H2,(H,23,27)/t8?,9-,12-,13+/m1/s1. The number of halogens is 3. The smallest absolute Gasteiger partial charge is 0.434 e. The number of carbonyl (C=O) groups is 1. The number of amides is 1. The number of hydrogen-bond donors (Lipinski definition) is 3. The summed E-state index contributed by atoms with van der Waals surface area (Å²) in [6.07, 6.45) is -3.02. The largest absolute Gasteiger partial charge is 0.441 e. The molecule has 0 aromatic carbocycles. The maximum absolute atomic E-state index is 12.7. The molecule has 29 heavy (non-hydrogen) atoms. The van der Waals surface area contributed by atoms with Gasteiger partial charge in [-0.15, -0.1) is 0 Å². The average molecular weight is 415 g/mol. The lowest BCUT2D eigenvalue weighted by molar-refractivity contribution is -0.146. The molecular formula is C16H16F3N5O5. The second-order valence-electron chi connectivity index (χ2n) is 6.10. The molecule has 10 nitrogen and oxygen atoms in total. The van der Waals surface area contributed by atoms with Gasteiger partial charge in [-0.2, -0.15) is 13.2 Å². The number of aromatic nitrogens is 3. The highest BCUT2D eigenvalue weighted by molar-refractivity contribution is 5.89. The average Bonchev–Trinajstić information content (AvgIpc) is 3.22. The van der Waals surface area contributed by atoms with E-state index in [1.54, 1.807) is 0 Å². The number of nitrogens with zero attached hydrogens (tertiary/aromatic N) is 4. The predicted octanol–water partition coefficient (Wildman–Crippen LogP) is 0.352. The van der Waals surface area contributed by atoms with Crippen LogP contribution in [-0.2, 0) is 10.9 Å². The summed E-state index contributed by atoms with van der Waals surface area (Å²) >= 11 is 0. The minimum absolute atomic E-state index is 0.0896. The second-order valence-corrected chi connectivity index (χ2v) is 6.10. The van der Waals surface area contributed by atoms with Crippen molar-refractivity contribution in [3.63, 3.8) is 0 Å². The van der Waals surface area contributed by atoms with Crippen LogP contribution in [0.15, 0.2) is 34.3 Å². The molecule has 1 saturated heterocycles. The van der Waals surface area contributed by atoms with Crippen molar-refractivity contribution in [3.05, 3.63) is 36.4 Å². The molecule has 13 heteroatoms. The van der Waals surface area contributed by atoms with Gasteiger partial charge in [0.15, 0.2) is 11.5 Å². The number of hydrogen-bond acceptors (Lipinski definition) is 9. The highest BCUT2D eigenvalue weighted by Gasteiger charge is 2.38. The number of oxazole rings is 1. The van der Waals surface area contributed by atoms with Gasteiger partial charge in [-0.25, -0.2) is 15.0 Å². The molecule has 1 aliphatic rings. The van der Waals surface area contributed by atoms with Crippen LogP contribution in [0.2, 0.25) is 0 Å². The lowest BCUT2D eigenvalue weighted by Gasteiger charge is -2.36. The summed E-state index contributed by atoms with van der Waals surface area (Å²) in [5.74, 6) is -1.89. The highest BCUT2D eigenvalue weighted by Crippen LogP contribution is 2.28. The summed E-state index contributed by atoms with van der Waals surface area (Å²) in [4.78, 5) is 26.0. The minimum atomic E-state index is -4.66. The minimum Gasteiger partial charge on any atom is -0.441 e. The Morgan fingerprint density at radius 3 is 2.83 bits per heavy atom. The first-order valence-electron chi connectivity index (χ1n) is 8.34. The van der Waals surface area contributed by atoms with Crippen LogP contribution in [0.5, 0.6) is 0 Å². The third-order valence-corrected chi connectivity index (χ3v) is 4.07. The molecule has 1 unspecified atom stereocenters. The third-order valence-electron chi connectivity index (χ3n) is 4.07. The van der Waals surface area contributed by atoms with Crippen LogP contribution in [0.1, 0.15) is 16.4 Å². The van der Waals surface area contributed by atoms with E-state index in [0.717, 1.165) is 12.4 Å². The van der Waals surface area contributed by atoms with Gasteiger partial charge < -0.3 is 24.7 Å². The number of carbonyl (C=O) groups excluding carboxylic acids is 1. The first-order valence-corrected chi connectivity index (χ1v) is 8.34. The maximum Gasteiger partial charge on any atom is 0.434 e. The van der Waals surface area contributed by atoms with E-state index in [0.29, 0.717) is 6.20 Å². The number of ether oxygens (including phenoxy) is 1. The van der Waals surface area contributed by atoms with Gasteiger partial charge >= 0.3 is 12.1 Å². The Morgan fingerprint density at radius 2 is 2.14 bits per heavy atom. The van der Waals surface area contributed by atoms with Crippen molar-refractivity contribution in [1.29, 1.82) is 0 Å². The van der Waals surface area contributed by atoms with Crippen molar-refractivity contribution in [3.8, 4) is 0 Å². The molecule has 1 amide bonds. The number of alkyl halides is 3. The SMILES string of the molecule is O=C(NC[C@H]1OCC(C=Nc2cncc(C(F)(F)F)n2)[C@@H](O)[C@H]1O)c1ncco1. The van der Waals surface area contributed by atoms with Gasteiger partial charge in [0.25, 0.3) is 5.89 Å². The Kier molecular flexibility index (Phi) is 6.20. The lowest BCUT2D eigenvalue weighted by Crippen LogP contribution is -2.54. The van der Waals surface area contributed by atoms with Crippen LogP contribution in [0.3, 0.4) is 0 Å². The van der Waals surface area contributed by atoms with Gasteiger partial charge in [0.05, 0.1) is 31.3 Å². The van der Waals surface area contributed by atoms with E-state index in [2.05, 4.69) is 25.3 Å². The van der Waals surface area contributed by atoms with E-state index in [1.807, 2.05) is 0 Å². The normalized spacial score (nSPS) is 25.3. The van der Waals surface area contributed by atoms with Crippen LogP contribution >= 0.6 is 0 Å². The number of aliphatic hydroxyl groups is 2. The monoisotopic (exact) mass is 415 g/mol. The second kappa shape index (κ2) is 8.63. The van der Waals surface area contributed by atoms with E-state index in [4.69, 9.17) is 9.15 Å². The van der Waals surface area contributed by atoms with E-state index >= 15 is 0 Å². The van der Waals surface area contributed by atoms with E-state index in [9.17, 15) is 28.2 Å². The topological polar surface area (TPSA) is 143 Å². The molecule has 0 aliphatic carbocycles. The van der Waals surface area contributed by atoms with Gasteiger partial charge in [0, 0.05) is 18.7 Å². The molecule has 3 rings (SSSR count). The molecule has 4 atom stereocenters. The maximum atomic E-state index is 12.7. The summed E-state index contributed by atoms with van der Waals surface area (Å²) < 4.78 is 48.2. The molecule has 0 saturated carbocycles. The predicted molar refractivity (Wildman–Crippen MR) is 89.3 cm³/mol. The van der Waals surface area contributed by atoms with Gasteiger partial charge in [0.1, 0.15) is 18.5 Å². The van der Waals surface area contributed by atoms with Crippen molar-refractivity contribution in [1.82, 2.24) is 20.3 Å². The number of rotatable bonds is 5. The zero-order valence-electron chi connectivity index (χ0n) is 14.7. The van der Waals surface area contributed by atoms with Crippen molar-refractivity contribution in [2.75, 3.05) is 13.2 Å². The molecular weight excluding hydrogens is 399 g/mol. The lowest BCUT2D eigenvalue weighted by atomic mass is 9.93. The zero-order valence-corrected chi connectivity index (χ0v) is 14.7. The Labute approximate surface area is 161 Å². The van der Waals surface area contributed by atoms with E-state index < -0.39 is 42.0 Å². The van der Waals surface area contributed by atoms with Crippen molar-refractivity contribution in [2.24, 2.45) is 10.9 Å². The van der Waals surface area contributed by atoms with Gasteiger partial charge in [-0.05, 0) is 0 Å². The highest BCUT2D eigenvalue weighted by atomic mass is 19.4. The molecule has 0 radical (unpaired) electrons. The number of aliphatic imine (C=N–C) groups is 1. The first-order chi connectivity index (χ1) is 13.8. The van der Waals surface area contributed by atoms with Crippen LogP contribution < -0.4 is 5.32 Å². The molecule has 0 spiro atoms. The van der Waals surface area contributed by atoms with Gasteiger partial charge in [-0.1, -0.05) is 0 Å². The van der Waals surface area contributed by atoms with Crippen molar-refractivity contribution >= 4 is 17.9 Å². The van der Waals surface area contributed by atoms with Crippen LogP contribution in [0.25, 0.3) is 0 Å². The summed E-state index contributed by atoms with van der Waals surface area (Å²) in [6, 6.07) is 0. The Morgan fingerprint density at radius 1 is 1.34 bits per heavy atom. The summed E-state index contributed by atoms with van der Waals surface area (Å²) in [7, 11) is 0. The van der Waals surface area contributed by atoms with Crippen molar-refractivity contribution < 1.29 is 37.3 Å². The molecule has 2 aromatic rings. The fourth-order valence-electron chi connectivity index (χ4n) is 2.55. The summed E-state index contributed by atoms with van der Waals surface area (Å²) in [5.41, 5.74) is -1.20. The van der Waals surface area contributed by atoms with Crippen LogP contribution in [0.4, 0.5) is 19.0 Å². The molecule has 3 heterocycles. The Bertz CT molecular complexity index is 861. The Hall–Kier alpha value is -2.90. The van der Waals surface area contributed by atoms with Crippen LogP contribution in [-0.4, -0.2) is 68.8 Å². The van der Waals surface area contributed by atoms with Gasteiger partial charge in [-0.3, -0.25) is 9.78 Å². The number of aliphatic hydroxyl groups excluding tert-OH is 2. The molecule has 156 valence electrons. The molecule has 1 fully saturated rings. The van der Waals surface area contributed by atoms with E-state index in [1.165, 1.54) is 12.5 Å². The fourth-order valence-corrected chi connectivity index (χ4v) is 2.55. The zero-order chi connectivity index (χ0) is 21.0. The first kappa shape index (κ1) is 20.8. The number of nitrogens with one attached hydrogen (secondary N) is 1. The fraction of sp³-hybridized carbons (Fsp3) is 0.438. The van der Waals surface area contributed by atoms with Crippen LogP contribution in [0, 0.1) is 5.92 Å². The quantitative estimate of drug-likeness (QED) is 0.594. The molecule has 3 N–H and O–H groups in total. The summed E-state index contributed by atoms with van der Waals surface area (Å²) in [6.45, 7) is -0.212. The molecule has 1 aliphatic heterocycles. The third kappa shape index (κ3) is 5.13. The van der Waals surface area contributed by atoms with E-state index in [-0.39, 0.29) is 24.9 Å². The van der Waals surface area contributed by atoms with Crippen molar-refractivity contribution in [2.45, 2.75) is 24.5 Å². The Balaban J connectivity index is 1.57. The van der Waals surface area contributed by atoms with Gasteiger partial charge in [0.2, 0.25) is 0 Å².